The Hall–Kier alpha value is -2.07. The number of carboxylic acids is 1. The van der Waals surface area contributed by atoms with Crippen LogP contribution in [0.2, 0.25) is 0 Å². The number of nitriles is 1. The van der Waals surface area contributed by atoms with Crippen LogP contribution in [0.5, 0.6) is 0 Å². The van der Waals surface area contributed by atoms with Crippen molar-refractivity contribution in [3.63, 3.8) is 0 Å². The number of aliphatic carboxylic acids is 1. The van der Waals surface area contributed by atoms with Crippen molar-refractivity contribution < 1.29 is 14.7 Å². The van der Waals surface area contributed by atoms with E-state index >= 15 is 0 Å². The molecule has 1 rings (SSSR count). The lowest BCUT2D eigenvalue weighted by molar-refractivity contribution is -0.141. The van der Waals surface area contributed by atoms with E-state index in [2.05, 4.69) is 21.2 Å². The predicted molar refractivity (Wildman–Crippen MR) is 72.7 cm³/mol. The number of carboxylic acid groups (broad SMARTS) is 1. The molecule has 0 saturated carbocycles. The molecule has 100 valence electrons. The third kappa shape index (κ3) is 3.69. The Bertz CT molecular complexity index is 554. The van der Waals surface area contributed by atoms with Crippen LogP contribution < -0.4 is 5.32 Å². The normalized spacial score (nSPS) is 11.3. The van der Waals surface area contributed by atoms with E-state index in [4.69, 9.17) is 10.4 Å². The second kappa shape index (κ2) is 6.20. The SMILES string of the molecule is CC(C(=O)O)N(C)C(=O)Nc1ccc(Br)cc1C#N. The Balaban J connectivity index is 2.89. The van der Waals surface area contributed by atoms with Gasteiger partial charge >= 0.3 is 12.0 Å². The van der Waals surface area contributed by atoms with Crippen LogP contribution in [-0.2, 0) is 4.79 Å². The maximum atomic E-state index is 11.8. The third-order valence-electron chi connectivity index (χ3n) is 2.60. The molecule has 0 radical (unpaired) electrons. The van der Waals surface area contributed by atoms with Gasteiger partial charge in [-0.2, -0.15) is 5.26 Å². The first-order chi connectivity index (χ1) is 8.86. The number of benzene rings is 1. The fourth-order valence-corrected chi connectivity index (χ4v) is 1.62. The highest BCUT2D eigenvalue weighted by atomic mass is 79.9. The molecular formula is C12H12BrN3O3. The van der Waals surface area contributed by atoms with Crippen molar-refractivity contribution in [2.45, 2.75) is 13.0 Å². The maximum Gasteiger partial charge on any atom is 0.326 e. The average molecular weight is 326 g/mol. The second-order valence-electron chi connectivity index (χ2n) is 3.86. The number of nitrogens with zero attached hydrogens (tertiary/aromatic N) is 2. The lowest BCUT2D eigenvalue weighted by Gasteiger charge is -2.22. The van der Waals surface area contributed by atoms with Crippen LogP contribution in [0.3, 0.4) is 0 Å². The van der Waals surface area contributed by atoms with Crippen LogP contribution in [-0.4, -0.2) is 35.1 Å². The molecule has 0 fully saturated rings. The van der Waals surface area contributed by atoms with Gasteiger partial charge in [-0.25, -0.2) is 9.59 Å². The van der Waals surface area contributed by atoms with Gasteiger partial charge in [-0.1, -0.05) is 15.9 Å². The third-order valence-corrected chi connectivity index (χ3v) is 3.10. The van der Waals surface area contributed by atoms with Gasteiger partial charge in [0.25, 0.3) is 0 Å². The second-order valence-corrected chi connectivity index (χ2v) is 4.77. The summed E-state index contributed by atoms with van der Waals surface area (Å²) in [6.07, 6.45) is 0. The molecule has 2 amide bonds. The zero-order valence-electron chi connectivity index (χ0n) is 10.3. The van der Waals surface area contributed by atoms with Gasteiger partial charge in [0.15, 0.2) is 0 Å². The number of urea groups is 1. The largest absolute Gasteiger partial charge is 0.480 e. The monoisotopic (exact) mass is 325 g/mol. The highest BCUT2D eigenvalue weighted by molar-refractivity contribution is 9.10. The quantitative estimate of drug-likeness (QED) is 0.891. The molecule has 2 N–H and O–H groups in total. The van der Waals surface area contributed by atoms with Gasteiger partial charge in [-0.15, -0.1) is 0 Å². The van der Waals surface area contributed by atoms with Crippen LogP contribution >= 0.6 is 15.9 Å². The molecule has 19 heavy (non-hydrogen) atoms. The van der Waals surface area contributed by atoms with Crippen LogP contribution in [0, 0.1) is 11.3 Å². The minimum atomic E-state index is -1.10. The summed E-state index contributed by atoms with van der Waals surface area (Å²) in [5.41, 5.74) is 0.624. The van der Waals surface area contributed by atoms with Gasteiger partial charge in [0.2, 0.25) is 0 Å². The van der Waals surface area contributed by atoms with Gasteiger partial charge in [0.05, 0.1) is 11.3 Å². The Kier molecular flexibility index (Phi) is 4.89. The van der Waals surface area contributed by atoms with E-state index in [1.54, 1.807) is 18.2 Å². The van der Waals surface area contributed by atoms with E-state index in [1.165, 1.54) is 14.0 Å². The number of hydrogen-bond donors (Lipinski definition) is 2. The minimum absolute atomic E-state index is 0.291. The number of nitrogens with one attached hydrogen (secondary N) is 1. The summed E-state index contributed by atoms with van der Waals surface area (Å²) < 4.78 is 0.717. The summed E-state index contributed by atoms with van der Waals surface area (Å²) in [7, 11) is 1.37. The Morgan fingerprint density at radius 2 is 2.16 bits per heavy atom. The molecule has 0 spiro atoms. The van der Waals surface area contributed by atoms with Crippen molar-refractivity contribution in [1.82, 2.24) is 4.90 Å². The number of rotatable bonds is 3. The number of amides is 2. The number of anilines is 1. The molecule has 1 unspecified atom stereocenters. The molecule has 0 heterocycles. The molecule has 0 saturated heterocycles. The van der Waals surface area contributed by atoms with E-state index in [1.807, 2.05) is 6.07 Å². The first kappa shape index (κ1) is 15.0. The van der Waals surface area contributed by atoms with Crippen molar-refractivity contribution in [3.8, 4) is 6.07 Å². The van der Waals surface area contributed by atoms with Crippen LogP contribution in [0.25, 0.3) is 0 Å². The van der Waals surface area contributed by atoms with Crippen LogP contribution in [0.1, 0.15) is 12.5 Å². The van der Waals surface area contributed by atoms with Crippen molar-refractivity contribution >= 4 is 33.6 Å². The fraction of sp³-hybridized carbons (Fsp3) is 0.250. The first-order valence-corrected chi connectivity index (χ1v) is 6.12. The standard InChI is InChI=1S/C12H12BrN3O3/c1-7(11(17)18)16(2)12(19)15-10-4-3-9(13)5-8(10)6-14/h3-5,7H,1-2H3,(H,15,19)(H,17,18). The highest BCUT2D eigenvalue weighted by Crippen LogP contribution is 2.20. The van der Waals surface area contributed by atoms with Crippen molar-refractivity contribution in [2.24, 2.45) is 0 Å². The van der Waals surface area contributed by atoms with E-state index in [0.717, 1.165) is 4.90 Å². The summed E-state index contributed by atoms with van der Waals surface area (Å²) in [4.78, 5) is 23.7. The molecule has 1 atom stereocenters. The van der Waals surface area contributed by atoms with E-state index in [0.29, 0.717) is 15.7 Å². The van der Waals surface area contributed by atoms with Gasteiger partial charge in [-0.05, 0) is 25.1 Å². The molecule has 0 bridgehead atoms. The Morgan fingerprint density at radius 3 is 2.68 bits per heavy atom. The zero-order chi connectivity index (χ0) is 14.6. The summed E-state index contributed by atoms with van der Waals surface area (Å²) in [5, 5.41) is 20.3. The summed E-state index contributed by atoms with van der Waals surface area (Å²) in [6, 6.07) is 5.22. The van der Waals surface area contributed by atoms with E-state index in [9.17, 15) is 9.59 Å². The van der Waals surface area contributed by atoms with Crippen molar-refractivity contribution in [3.05, 3.63) is 28.2 Å². The summed E-state index contributed by atoms with van der Waals surface area (Å²) >= 11 is 3.22. The van der Waals surface area contributed by atoms with E-state index < -0.39 is 18.0 Å². The first-order valence-electron chi connectivity index (χ1n) is 5.33. The average Bonchev–Trinajstić information content (AvgIpc) is 2.38. The number of halogens is 1. The molecule has 1 aromatic carbocycles. The maximum absolute atomic E-state index is 11.8. The predicted octanol–water partition coefficient (Wildman–Crippen LogP) is 2.26. The number of carbonyl (C=O) groups is 2. The Morgan fingerprint density at radius 1 is 1.53 bits per heavy atom. The summed E-state index contributed by atoms with van der Waals surface area (Å²) in [6.45, 7) is 1.40. The lowest BCUT2D eigenvalue weighted by atomic mass is 10.2. The molecule has 6 nitrogen and oxygen atoms in total. The molecule has 7 heteroatoms. The fourth-order valence-electron chi connectivity index (χ4n) is 1.26. The number of hydrogen-bond acceptors (Lipinski definition) is 3. The molecular weight excluding hydrogens is 314 g/mol. The van der Waals surface area contributed by atoms with Gasteiger partial charge in [0.1, 0.15) is 12.1 Å². The molecule has 0 aliphatic rings. The number of likely N-dealkylation sites (N-methyl/N-ethyl adjacent to an activating group) is 1. The smallest absolute Gasteiger partial charge is 0.326 e. The topological polar surface area (TPSA) is 93.4 Å². The molecule has 0 aromatic heterocycles. The molecule has 1 aromatic rings. The highest BCUT2D eigenvalue weighted by Gasteiger charge is 2.22. The van der Waals surface area contributed by atoms with Gasteiger partial charge < -0.3 is 15.3 Å². The van der Waals surface area contributed by atoms with Crippen molar-refractivity contribution in [2.75, 3.05) is 12.4 Å². The lowest BCUT2D eigenvalue weighted by Crippen LogP contribution is -2.42. The zero-order valence-corrected chi connectivity index (χ0v) is 11.9. The summed E-state index contributed by atoms with van der Waals surface area (Å²) in [5.74, 6) is -1.10. The molecule has 0 aliphatic heterocycles. The van der Waals surface area contributed by atoms with Crippen LogP contribution in [0.4, 0.5) is 10.5 Å². The minimum Gasteiger partial charge on any atom is -0.480 e. The van der Waals surface area contributed by atoms with Crippen molar-refractivity contribution in [1.29, 1.82) is 5.26 Å². The number of carbonyl (C=O) groups excluding carboxylic acids is 1. The molecule has 0 aliphatic carbocycles. The van der Waals surface area contributed by atoms with Gasteiger partial charge in [0, 0.05) is 11.5 Å². The van der Waals surface area contributed by atoms with Crippen LogP contribution in [0.15, 0.2) is 22.7 Å². The van der Waals surface area contributed by atoms with E-state index in [-0.39, 0.29) is 0 Å². The van der Waals surface area contributed by atoms with Gasteiger partial charge in [-0.3, -0.25) is 0 Å². The Labute approximate surface area is 118 Å².